The highest BCUT2D eigenvalue weighted by molar-refractivity contribution is 5.96. The molecule has 1 aromatic carbocycles. The van der Waals surface area contributed by atoms with Crippen LogP contribution in [-0.2, 0) is 4.74 Å². The number of aromatic nitrogens is 2. The molecule has 132 valence electrons. The minimum atomic E-state index is -0.573. The molecule has 0 unspecified atom stereocenters. The van der Waals surface area contributed by atoms with Crippen LogP contribution in [0, 0.1) is 24.0 Å². The van der Waals surface area contributed by atoms with Crippen LogP contribution in [0.3, 0.4) is 0 Å². The summed E-state index contributed by atoms with van der Waals surface area (Å²) in [6.45, 7) is 6.07. The fraction of sp³-hybridized carbons (Fsp3) is 0.412. The predicted molar refractivity (Wildman–Crippen MR) is 90.3 cm³/mol. The molecule has 0 aliphatic carbocycles. The molecule has 3 rings (SSSR count). The standard InChI is InChI=1S/C17H20N4O4/c1-10-6-4-5-7-13(10)14-8-20(11(2)9-25-14)17(22)15-16(21(23)24)12(3)18-19-15/h4-7,11,14H,8-9H2,1-3H3,(H,18,19)/t11-,14+/m0/s1. The van der Waals surface area contributed by atoms with Gasteiger partial charge in [-0.15, -0.1) is 0 Å². The van der Waals surface area contributed by atoms with Gasteiger partial charge in [0.1, 0.15) is 11.8 Å². The molecule has 1 aliphatic heterocycles. The first-order valence-electron chi connectivity index (χ1n) is 8.07. The van der Waals surface area contributed by atoms with E-state index in [1.54, 1.807) is 4.90 Å². The number of hydrogen-bond acceptors (Lipinski definition) is 5. The van der Waals surface area contributed by atoms with Crippen molar-refractivity contribution in [2.45, 2.75) is 32.9 Å². The van der Waals surface area contributed by atoms with Crippen molar-refractivity contribution in [3.8, 4) is 0 Å². The Labute approximate surface area is 144 Å². The zero-order chi connectivity index (χ0) is 18.1. The third-order valence-corrected chi connectivity index (χ3v) is 4.53. The Morgan fingerprint density at radius 1 is 1.40 bits per heavy atom. The maximum Gasteiger partial charge on any atom is 0.322 e. The fourth-order valence-corrected chi connectivity index (χ4v) is 3.11. The van der Waals surface area contributed by atoms with E-state index in [1.807, 2.05) is 38.1 Å². The maximum atomic E-state index is 12.9. The number of rotatable bonds is 3. The Morgan fingerprint density at radius 3 is 2.80 bits per heavy atom. The summed E-state index contributed by atoms with van der Waals surface area (Å²) >= 11 is 0. The van der Waals surface area contributed by atoms with Crippen molar-refractivity contribution in [3.05, 3.63) is 56.9 Å². The Kier molecular flexibility index (Phi) is 4.54. The minimum Gasteiger partial charge on any atom is -0.370 e. The van der Waals surface area contributed by atoms with Gasteiger partial charge in [0.25, 0.3) is 5.91 Å². The molecule has 1 aromatic heterocycles. The van der Waals surface area contributed by atoms with Gasteiger partial charge in [-0.25, -0.2) is 0 Å². The molecule has 1 aliphatic rings. The average Bonchev–Trinajstić information content (AvgIpc) is 2.97. The summed E-state index contributed by atoms with van der Waals surface area (Å²) in [6, 6.07) is 7.65. The summed E-state index contributed by atoms with van der Waals surface area (Å²) < 4.78 is 5.90. The first-order chi connectivity index (χ1) is 11.9. The van der Waals surface area contributed by atoms with Gasteiger partial charge in [0.15, 0.2) is 0 Å². The number of benzene rings is 1. The lowest BCUT2D eigenvalue weighted by atomic mass is 10.0. The van der Waals surface area contributed by atoms with Crippen LogP contribution in [0.4, 0.5) is 5.69 Å². The lowest BCUT2D eigenvalue weighted by Gasteiger charge is -2.38. The Balaban J connectivity index is 1.89. The Hall–Kier alpha value is -2.74. The quantitative estimate of drug-likeness (QED) is 0.681. The topological polar surface area (TPSA) is 101 Å². The number of carbonyl (C=O) groups excluding carboxylic acids is 1. The smallest absolute Gasteiger partial charge is 0.322 e. The second kappa shape index (κ2) is 6.64. The number of morpholine rings is 1. The molecule has 0 radical (unpaired) electrons. The zero-order valence-electron chi connectivity index (χ0n) is 14.4. The molecular weight excluding hydrogens is 324 g/mol. The van der Waals surface area contributed by atoms with Crippen LogP contribution < -0.4 is 0 Å². The highest BCUT2D eigenvalue weighted by Crippen LogP contribution is 2.29. The van der Waals surface area contributed by atoms with E-state index >= 15 is 0 Å². The average molecular weight is 344 g/mol. The van der Waals surface area contributed by atoms with E-state index in [2.05, 4.69) is 10.2 Å². The number of hydrogen-bond donors (Lipinski definition) is 1. The summed E-state index contributed by atoms with van der Waals surface area (Å²) in [5.41, 5.74) is 1.94. The Morgan fingerprint density at radius 2 is 2.12 bits per heavy atom. The van der Waals surface area contributed by atoms with Crippen LogP contribution in [-0.4, -0.2) is 45.1 Å². The molecule has 2 atom stereocenters. The van der Waals surface area contributed by atoms with E-state index in [1.165, 1.54) is 6.92 Å². The molecule has 0 saturated carbocycles. The van der Waals surface area contributed by atoms with Crippen molar-refractivity contribution in [1.82, 2.24) is 15.1 Å². The van der Waals surface area contributed by atoms with Crippen molar-refractivity contribution in [1.29, 1.82) is 0 Å². The highest BCUT2D eigenvalue weighted by atomic mass is 16.6. The molecule has 1 saturated heterocycles. The molecule has 2 heterocycles. The number of carbonyl (C=O) groups is 1. The molecule has 0 spiro atoms. The molecule has 2 aromatic rings. The number of aryl methyl sites for hydroxylation is 2. The van der Waals surface area contributed by atoms with E-state index < -0.39 is 10.8 Å². The van der Waals surface area contributed by atoms with E-state index in [4.69, 9.17) is 4.74 Å². The number of H-pyrrole nitrogens is 1. The van der Waals surface area contributed by atoms with Crippen LogP contribution in [0.2, 0.25) is 0 Å². The van der Waals surface area contributed by atoms with Gasteiger partial charge in [0, 0.05) is 0 Å². The maximum absolute atomic E-state index is 12.9. The number of ether oxygens (including phenoxy) is 1. The molecular formula is C17H20N4O4. The monoisotopic (exact) mass is 344 g/mol. The van der Waals surface area contributed by atoms with Gasteiger partial charge in [0.05, 0.1) is 24.1 Å². The Bertz CT molecular complexity index is 817. The normalized spacial score (nSPS) is 20.5. The molecule has 1 N–H and O–H groups in total. The minimum absolute atomic E-state index is 0.153. The molecule has 1 fully saturated rings. The highest BCUT2D eigenvalue weighted by Gasteiger charge is 2.36. The summed E-state index contributed by atoms with van der Waals surface area (Å²) in [7, 11) is 0. The van der Waals surface area contributed by atoms with Crippen molar-refractivity contribution < 1.29 is 14.5 Å². The largest absolute Gasteiger partial charge is 0.370 e. The second-order valence-corrected chi connectivity index (χ2v) is 6.29. The number of nitrogens with zero attached hydrogens (tertiary/aromatic N) is 3. The first kappa shape index (κ1) is 17.1. The van der Waals surface area contributed by atoms with Gasteiger partial charge in [0.2, 0.25) is 5.69 Å². The summed E-state index contributed by atoms with van der Waals surface area (Å²) in [5, 5.41) is 17.7. The van der Waals surface area contributed by atoms with Crippen molar-refractivity contribution in [2.75, 3.05) is 13.2 Å². The third-order valence-electron chi connectivity index (χ3n) is 4.53. The van der Waals surface area contributed by atoms with Crippen LogP contribution in [0.5, 0.6) is 0 Å². The zero-order valence-corrected chi connectivity index (χ0v) is 14.4. The number of amides is 1. The van der Waals surface area contributed by atoms with Crippen LogP contribution in [0.25, 0.3) is 0 Å². The van der Waals surface area contributed by atoms with Gasteiger partial charge in [-0.1, -0.05) is 24.3 Å². The fourth-order valence-electron chi connectivity index (χ4n) is 3.11. The van der Waals surface area contributed by atoms with Crippen LogP contribution in [0.15, 0.2) is 24.3 Å². The van der Waals surface area contributed by atoms with E-state index in [-0.39, 0.29) is 29.2 Å². The lowest BCUT2D eigenvalue weighted by Crippen LogP contribution is -2.48. The molecule has 0 bridgehead atoms. The van der Waals surface area contributed by atoms with Gasteiger partial charge < -0.3 is 9.64 Å². The van der Waals surface area contributed by atoms with Crippen LogP contribution >= 0.6 is 0 Å². The van der Waals surface area contributed by atoms with E-state index in [9.17, 15) is 14.9 Å². The summed E-state index contributed by atoms with van der Waals surface area (Å²) in [6.07, 6.45) is -0.263. The van der Waals surface area contributed by atoms with E-state index in [0.717, 1.165) is 11.1 Å². The summed E-state index contributed by atoms with van der Waals surface area (Å²) in [4.78, 5) is 25.2. The number of aromatic amines is 1. The van der Waals surface area contributed by atoms with Crippen LogP contribution in [0.1, 0.15) is 40.3 Å². The van der Waals surface area contributed by atoms with Gasteiger partial charge in [-0.05, 0) is 31.9 Å². The predicted octanol–water partition coefficient (Wildman–Crippen LogP) is 2.54. The molecule has 8 nitrogen and oxygen atoms in total. The molecule has 25 heavy (non-hydrogen) atoms. The number of nitrogens with one attached hydrogen (secondary N) is 1. The third kappa shape index (κ3) is 3.12. The van der Waals surface area contributed by atoms with Gasteiger partial charge in [-0.2, -0.15) is 5.10 Å². The SMILES string of the molecule is Cc1ccccc1[C@H]1CN(C(=O)c2n[nH]c(C)c2[N+](=O)[O-])[C@@H](C)CO1. The van der Waals surface area contributed by atoms with Gasteiger partial charge >= 0.3 is 5.69 Å². The van der Waals surface area contributed by atoms with E-state index in [0.29, 0.717) is 13.2 Å². The lowest BCUT2D eigenvalue weighted by molar-refractivity contribution is -0.385. The van der Waals surface area contributed by atoms with Crippen molar-refractivity contribution in [2.24, 2.45) is 0 Å². The molecule has 8 heteroatoms. The summed E-state index contributed by atoms with van der Waals surface area (Å²) in [5.74, 6) is -0.453. The second-order valence-electron chi connectivity index (χ2n) is 6.29. The molecule has 1 amide bonds. The van der Waals surface area contributed by atoms with Crippen molar-refractivity contribution in [3.63, 3.8) is 0 Å². The first-order valence-corrected chi connectivity index (χ1v) is 8.07. The van der Waals surface area contributed by atoms with Gasteiger partial charge in [-0.3, -0.25) is 20.0 Å². The van der Waals surface area contributed by atoms with Crippen molar-refractivity contribution >= 4 is 11.6 Å². The number of nitro groups is 1.